The first-order chi connectivity index (χ1) is 16.5. The summed E-state index contributed by atoms with van der Waals surface area (Å²) in [7, 11) is 0. The van der Waals surface area contributed by atoms with Crippen LogP contribution in [0.4, 0.5) is 0 Å². The van der Waals surface area contributed by atoms with E-state index in [2.05, 4.69) is 31.2 Å². The van der Waals surface area contributed by atoms with E-state index in [0.29, 0.717) is 18.4 Å². The van der Waals surface area contributed by atoms with E-state index in [1.807, 2.05) is 54.6 Å². The van der Waals surface area contributed by atoms with Gasteiger partial charge in [-0.15, -0.1) is 0 Å². The summed E-state index contributed by atoms with van der Waals surface area (Å²) in [6.45, 7) is 2.09. The number of rotatable bonds is 7. The number of ketones is 1. The van der Waals surface area contributed by atoms with Gasteiger partial charge in [0.15, 0.2) is 10.8 Å². The summed E-state index contributed by atoms with van der Waals surface area (Å²) in [4.78, 5) is 14.4. The lowest BCUT2D eigenvalue weighted by Crippen LogP contribution is -2.69. The van der Waals surface area contributed by atoms with E-state index in [9.17, 15) is 25.8 Å². The van der Waals surface area contributed by atoms with Crippen molar-refractivity contribution in [1.82, 2.24) is 0 Å². The van der Waals surface area contributed by atoms with Crippen LogP contribution in [-0.2, 0) is 10.2 Å². The van der Waals surface area contributed by atoms with Gasteiger partial charge < -0.3 is 0 Å². The summed E-state index contributed by atoms with van der Waals surface area (Å²) in [5.41, 5.74) is -3.48. The SMILES string of the molecule is CCCCCCC(=O)C12c3ccccc3C(CC1c1ccccc1)C(C#N)(C#N)C2(C#N)C#N. The quantitative estimate of drug-likeness (QED) is 0.498. The molecule has 34 heavy (non-hydrogen) atoms. The van der Waals surface area contributed by atoms with Crippen molar-refractivity contribution in [2.75, 3.05) is 0 Å². The lowest BCUT2D eigenvalue weighted by atomic mass is 9.32. The zero-order valence-corrected chi connectivity index (χ0v) is 19.3. The summed E-state index contributed by atoms with van der Waals surface area (Å²) in [5.74, 6) is -1.36. The molecule has 1 fully saturated rings. The molecule has 5 rings (SSSR count). The number of nitriles is 4. The highest BCUT2D eigenvalue weighted by molar-refractivity contribution is 5.96. The average Bonchev–Trinajstić information content (AvgIpc) is 2.90. The molecule has 5 nitrogen and oxygen atoms in total. The second kappa shape index (κ2) is 8.78. The molecule has 3 aliphatic rings. The maximum Gasteiger partial charge on any atom is 0.193 e. The summed E-state index contributed by atoms with van der Waals surface area (Å²) in [5, 5.41) is 42.1. The zero-order valence-electron chi connectivity index (χ0n) is 19.3. The van der Waals surface area contributed by atoms with Crippen molar-refractivity contribution in [2.45, 2.75) is 62.7 Å². The highest BCUT2D eigenvalue weighted by Crippen LogP contribution is 2.74. The third kappa shape index (κ3) is 2.71. The molecule has 0 aliphatic heterocycles. The molecule has 3 atom stereocenters. The fourth-order valence-corrected chi connectivity index (χ4v) is 6.59. The number of hydrogen-bond donors (Lipinski definition) is 0. The van der Waals surface area contributed by atoms with Crippen molar-refractivity contribution >= 4 is 5.78 Å². The van der Waals surface area contributed by atoms with Gasteiger partial charge in [0.05, 0.1) is 29.7 Å². The molecule has 0 heterocycles. The van der Waals surface area contributed by atoms with Gasteiger partial charge in [0.2, 0.25) is 0 Å². The Hall–Kier alpha value is -3.93. The Labute approximate surface area is 200 Å². The number of Topliss-reactive ketones (excluding diaryl/α,β-unsaturated/α-hetero) is 1. The van der Waals surface area contributed by atoms with Gasteiger partial charge >= 0.3 is 0 Å². The molecule has 2 bridgehead atoms. The lowest BCUT2D eigenvalue weighted by molar-refractivity contribution is -0.135. The smallest absolute Gasteiger partial charge is 0.193 e. The second-order valence-corrected chi connectivity index (χ2v) is 9.39. The zero-order chi connectivity index (χ0) is 24.4. The van der Waals surface area contributed by atoms with Gasteiger partial charge in [-0.05, 0) is 29.5 Å². The minimum Gasteiger partial charge on any atom is -0.299 e. The Bertz CT molecular complexity index is 1240. The molecule has 5 heteroatoms. The minimum atomic E-state index is -2.14. The number of unbranched alkanes of at least 4 members (excludes halogenated alkanes) is 3. The van der Waals surface area contributed by atoms with Crippen molar-refractivity contribution < 1.29 is 4.79 Å². The maximum atomic E-state index is 14.4. The van der Waals surface area contributed by atoms with E-state index in [0.717, 1.165) is 30.4 Å². The number of carbonyl (C=O) groups excluding carboxylic acids is 1. The molecule has 0 saturated heterocycles. The number of hydrogen-bond acceptors (Lipinski definition) is 5. The molecular weight excluding hydrogens is 420 g/mol. The molecule has 0 amide bonds. The highest BCUT2D eigenvalue weighted by Gasteiger charge is 2.80. The predicted molar refractivity (Wildman–Crippen MR) is 126 cm³/mol. The van der Waals surface area contributed by atoms with E-state index in [4.69, 9.17) is 0 Å². The van der Waals surface area contributed by atoms with E-state index < -0.39 is 28.1 Å². The Balaban J connectivity index is 2.10. The van der Waals surface area contributed by atoms with Crippen LogP contribution in [-0.4, -0.2) is 5.78 Å². The molecule has 0 N–H and O–H groups in total. The van der Waals surface area contributed by atoms with Crippen LogP contribution in [0.25, 0.3) is 0 Å². The third-order valence-corrected chi connectivity index (χ3v) is 8.05. The molecule has 2 aromatic carbocycles. The van der Waals surface area contributed by atoms with E-state index in [1.54, 1.807) is 0 Å². The van der Waals surface area contributed by atoms with E-state index >= 15 is 0 Å². The van der Waals surface area contributed by atoms with Gasteiger partial charge in [0, 0.05) is 18.3 Å². The van der Waals surface area contributed by atoms with Crippen molar-refractivity contribution in [3.8, 4) is 24.3 Å². The Morgan fingerprint density at radius 3 is 2.12 bits per heavy atom. The van der Waals surface area contributed by atoms with Crippen LogP contribution in [0.1, 0.15) is 74.0 Å². The first kappa shape index (κ1) is 23.2. The minimum absolute atomic E-state index is 0.195. The van der Waals surface area contributed by atoms with Crippen LogP contribution in [0.3, 0.4) is 0 Å². The topological polar surface area (TPSA) is 112 Å². The Morgan fingerprint density at radius 2 is 1.50 bits per heavy atom. The van der Waals surface area contributed by atoms with Crippen LogP contribution in [0.15, 0.2) is 54.6 Å². The fourth-order valence-electron chi connectivity index (χ4n) is 6.59. The van der Waals surface area contributed by atoms with Crippen LogP contribution >= 0.6 is 0 Å². The Kier molecular flexibility index (Phi) is 6.00. The van der Waals surface area contributed by atoms with E-state index in [-0.39, 0.29) is 12.2 Å². The summed E-state index contributed by atoms with van der Waals surface area (Å²) in [6.07, 6.45) is 4.06. The molecular formula is C29H26N4O. The van der Waals surface area contributed by atoms with Gasteiger partial charge in [-0.3, -0.25) is 4.79 Å². The number of nitrogens with zero attached hydrogens (tertiary/aromatic N) is 4. The van der Waals surface area contributed by atoms with Gasteiger partial charge in [0.1, 0.15) is 5.78 Å². The molecule has 168 valence electrons. The largest absolute Gasteiger partial charge is 0.299 e. The number of benzene rings is 2. The van der Waals surface area contributed by atoms with Crippen LogP contribution < -0.4 is 0 Å². The van der Waals surface area contributed by atoms with Gasteiger partial charge in [-0.25, -0.2) is 0 Å². The molecule has 3 aliphatic carbocycles. The van der Waals surface area contributed by atoms with Crippen LogP contribution in [0.2, 0.25) is 0 Å². The molecule has 3 unspecified atom stereocenters. The number of carbonyl (C=O) groups is 1. The number of fused-ring (bicyclic) bond motifs is 2. The van der Waals surface area contributed by atoms with Gasteiger partial charge in [0.25, 0.3) is 0 Å². The highest BCUT2D eigenvalue weighted by atomic mass is 16.1. The molecule has 2 aromatic rings. The van der Waals surface area contributed by atoms with Gasteiger partial charge in [-0.1, -0.05) is 80.8 Å². The van der Waals surface area contributed by atoms with Crippen molar-refractivity contribution in [2.24, 2.45) is 10.8 Å². The first-order valence-corrected chi connectivity index (χ1v) is 11.9. The molecule has 0 radical (unpaired) electrons. The molecule has 0 aromatic heterocycles. The summed E-state index contributed by atoms with van der Waals surface area (Å²) < 4.78 is 0. The van der Waals surface area contributed by atoms with Crippen molar-refractivity contribution in [3.63, 3.8) is 0 Å². The average molecular weight is 447 g/mol. The lowest BCUT2D eigenvalue weighted by Gasteiger charge is -2.62. The predicted octanol–water partition coefficient (Wildman–Crippen LogP) is 5.82. The monoisotopic (exact) mass is 446 g/mol. The van der Waals surface area contributed by atoms with Crippen LogP contribution in [0.5, 0.6) is 0 Å². The Morgan fingerprint density at radius 1 is 0.853 bits per heavy atom. The molecule has 0 spiro atoms. The third-order valence-electron chi connectivity index (χ3n) is 8.05. The van der Waals surface area contributed by atoms with E-state index in [1.165, 1.54) is 0 Å². The standard InChI is InChI=1S/C29H26N4O/c1-2-3-4-8-15-26(34)29-23-14-10-9-13-22(23)25(16-24(29)21-11-6-5-7-12-21)27(17-30,18-31)28(29,19-32)20-33/h5-7,9-14,24-25H,2-4,8,15-16H2,1H3. The molecule has 1 saturated carbocycles. The maximum absolute atomic E-state index is 14.4. The normalized spacial score (nSPS) is 25.1. The summed E-state index contributed by atoms with van der Waals surface area (Å²) >= 11 is 0. The van der Waals surface area contributed by atoms with Crippen molar-refractivity contribution in [3.05, 3.63) is 71.3 Å². The second-order valence-electron chi connectivity index (χ2n) is 9.39. The van der Waals surface area contributed by atoms with Crippen molar-refractivity contribution in [1.29, 1.82) is 21.0 Å². The van der Waals surface area contributed by atoms with Gasteiger partial charge in [-0.2, -0.15) is 21.0 Å². The summed E-state index contributed by atoms with van der Waals surface area (Å²) in [6, 6.07) is 25.3. The van der Waals surface area contributed by atoms with Crippen LogP contribution in [0, 0.1) is 56.2 Å². The fraction of sp³-hybridized carbons (Fsp3) is 0.414. The first-order valence-electron chi connectivity index (χ1n) is 11.9.